The molecule has 1 heterocycles. The molecule has 0 amide bonds. The first-order valence-electron chi connectivity index (χ1n) is 5.47. The Morgan fingerprint density at radius 1 is 1.50 bits per heavy atom. The summed E-state index contributed by atoms with van der Waals surface area (Å²) in [5.41, 5.74) is 7.91. The van der Waals surface area contributed by atoms with E-state index < -0.39 is 12.1 Å². The second kappa shape index (κ2) is 4.63. The average Bonchev–Trinajstić information content (AvgIpc) is 2.80. The predicted molar refractivity (Wildman–Crippen MR) is 64.4 cm³/mol. The van der Waals surface area contributed by atoms with Crippen LogP contribution >= 0.6 is 0 Å². The lowest BCUT2D eigenvalue weighted by Gasteiger charge is -2.19. The van der Waals surface area contributed by atoms with Crippen molar-refractivity contribution in [2.24, 2.45) is 10.7 Å². The smallest absolute Gasteiger partial charge is 0.116 e. The Hall–Kier alpha value is -1.39. The first-order valence-corrected chi connectivity index (χ1v) is 5.47. The molecular formula is C12H17N3O. The van der Waals surface area contributed by atoms with Gasteiger partial charge in [-0.15, -0.1) is 0 Å². The molecule has 1 aliphatic rings. The lowest BCUT2D eigenvalue weighted by atomic mass is 10.0. The number of aliphatic hydroxyl groups is 1. The quantitative estimate of drug-likeness (QED) is 0.687. The Morgan fingerprint density at radius 2 is 2.31 bits per heavy atom. The van der Waals surface area contributed by atoms with Crippen molar-refractivity contribution in [2.45, 2.75) is 19.1 Å². The third-order valence-electron chi connectivity index (χ3n) is 2.74. The average molecular weight is 219 g/mol. The molecular weight excluding hydrogens is 202 g/mol. The number of benzene rings is 1. The van der Waals surface area contributed by atoms with E-state index in [1.54, 1.807) is 0 Å². The summed E-state index contributed by atoms with van der Waals surface area (Å²) in [5, 5.41) is 13.2. The van der Waals surface area contributed by atoms with Gasteiger partial charge >= 0.3 is 0 Å². The lowest BCUT2D eigenvalue weighted by Crippen LogP contribution is -2.42. The number of nitrogens with zero attached hydrogens (tertiary/aromatic N) is 1. The van der Waals surface area contributed by atoms with Gasteiger partial charge in [0.1, 0.15) is 11.9 Å². The summed E-state index contributed by atoms with van der Waals surface area (Å²) in [6.07, 6.45) is -0.704. The number of rotatable bonds is 3. The molecule has 0 saturated carbocycles. The molecule has 4 heteroatoms. The van der Waals surface area contributed by atoms with E-state index in [1.807, 2.05) is 31.2 Å². The highest BCUT2D eigenvalue weighted by atomic mass is 16.3. The summed E-state index contributed by atoms with van der Waals surface area (Å²) in [6, 6.07) is 7.27. The maximum atomic E-state index is 10.1. The zero-order valence-corrected chi connectivity index (χ0v) is 9.35. The zero-order chi connectivity index (χ0) is 11.5. The summed E-state index contributed by atoms with van der Waals surface area (Å²) in [4.78, 5) is 4.23. The van der Waals surface area contributed by atoms with Crippen molar-refractivity contribution in [3.63, 3.8) is 0 Å². The van der Waals surface area contributed by atoms with Crippen molar-refractivity contribution >= 4 is 5.84 Å². The van der Waals surface area contributed by atoms with Gasteiger partial charge < -0.3 is 16.2 Å². The number of hydrogen-bond donors (Lipinski definition) is 3. The first kappa shape index (κ1) is 11.1. The van der Waals surface area contributed by atoms with Crippen molar-refractivity contribution < 1.29 is 5.11 Å². The number of aliphatic imine (C=N–C) groups is 1. The standard InChI is InChI=1S/C12H17N3O/c1-8-3-2-4-9(7-8)11(16)10(13)12-14-5-6-15-12/h2-4,7,10-11,16H,5-6,13H2,1H3,(H,14,15). The minimum atomic E-state index is -0.704. The summed E-state index contributed by atoms with van der Waals surface area (Å²) in [6.45, 7) is 3.54. The zero-order valence-electron chi connectivity index (χ0n) is 9.35. The monoisotopic (exact) mass is 219 g/mol. The fraction of sp³-hybridized carbons (Fsp3) is 0.417. The number of nitrogens with one attached hydrogen (secondary N) is 1. The minimum absolute atomic E-state index is 0.468. The van der Waals surface area contributed by atoms with E-state index in [0.717, 1.165) is 24.2 Å². The van der Waals surface area contributed by atoms with Gasteiger partial charge in [0.05, 0.1) is 12.6 Å². The molecule has 0 spiro atoms. The van der Waals surface area contributed by atoms with Crippen molar-refractivity contribution in [3.8, 4) is 0 Å². The van der Waals surface area contributed by atoms with E-state index in [-0.39, 0.29) is 0 Å². The molecule has 1 aromatic rings. The van der Waals surface area contributed by atoms with E-state index in [1.165, 1.54) is 0 Å². The molecule has 2 rings (SSSR count). The molecule has 2 atom stereocenters. The molecule has 16 heavy (non-hydrogen) atoms. The Kier molecular flexibility index (Phi) is 3.22. The molecule has 86 valence electrons. The van der Waals surface area contributed by atoms with Crippen LogP contribution in [0.4, 0.5) is 0 Å². The number of nitrogens with two attached hydrogens (primary N) is 1. The molecule has 0 aliphatic carbocycles. The second-order valence-corrected chi connectivity index (χ2v) is 4.08. The van der Waals surface area contributed by atoms with Gasteiger partial charge in [0, 0.05) is 6.54 Å². The Bertz CT molecular complexity index is 403. The number of aliphatic hydroxyl groups excluding tert-OH is 1. The SMILES string of the molecule is Cc1cccc(C(O)C(N)C2=NCCN2)c1. The van der Waals surface area contributed by atoms with E-state index in [4.69, 9.17) is 5.73 Å². The topological polar surface area (TPSA) is 70.6 Å². The van der Waals surface area contributed by atoms with Crippen LogP contribution in [0.1, 0.15) is 17.2 Å². The minimum Gasteiger partial charge on any atom is -0.386 e. The van der Waals surface area contributed by atoms with Crippen LogP contribution in [0, 0.1) is 6.92 Å². The molecule has 0 radical (unpaired) electrons. The molecule has 4 N–H and O–H groups in total. The Balaban J connectivity index is 2.15. The van der Waals surface area contributed by atoms with Gasteiger partial charge in [0.2, 0.25) is 0 Å². The first-order chi connectivity index (χ1) is 7.68. The molecule has 1 aromatic carbocycles. The largest absolute Gasteiger partial charge is 0.386 e. The summed E-state index contributed by atoms with van der Waals surface area (Å²) in [7, 11) is 0. The van der Waals surface area contributed by atoms with E-state index in [0.29, 0.717) is 5.84 Å². The van der Waals surface area contributed by atoms with Crippen LogP contribution in [0.15, 0.2) is 29.3 Å². The molecule has 0 bridgehead atoms. The van der Waals surface area contributed by atoms with Gasteiger partial charge in [-0.1, -0.05) is 29.8 Å². The summed E-state index contributed by atoms with van der Waals surface area (Å²) < 4.78 is 0. The van der Waals surface area contributed by atoms with Gasteiger partial charge in [0.15, 0.2) is 0 Å². The Morgan fingerprint density at radius 3 is 2.94 bits per heavy atom. The summed E-state index contributed by atoms with van der Waals surface area (Å²) in [5.74, 6) is 0.703. The molecule has 2 unspecified atom stereocenters. The van der Waals surface area contributed by atoms with Crippen LogP contribution < -0.4 is 11.1 Å². The maximum absolute atomic E-state index is 10.1. The van der Waals surface area contributed by atoms with Crippen molar-refractivity contribution in [3.05, 3.63) is 35.4 Å². The maximum Gasteiger partial charge on any atom is 0.116 e. The summed E-state index contributed by atoms with van der Waals surface area (Å²) >= 11 is 0. The van der Waals surface area contributed by atoms with Crippen LogP contribution in [0.2, 0.25) is 0 Å². The second-order valence-electron chi connectivity index (χ2n) is 4.08. The van der Waals surface area contributed by atoms with Gasteiger partial charge in [0.25, 0.3) is 0 Å². The fourth-order valence-electron chi connectivity index (χ4n) is 1.85. The van der Waals surface area contributed by atoms with Crippen molar-refractivity contribution in [1.82, 2.24) is 5.32 Å². The van der Waals surface area contributed by atoms with Crippen LogP contribution in [-0.4, -0.2) is 30.1 Å². The fourth-order valence-corrected chi connectivity index (χ4v) is 1.85. The third-order valence-corrected chi connectivity index (χ3v) is 2.74. The van der Waals surface area contributed by atoms with Gasteiger partial charge in [-0.3, -0.25) is 4.99 Å². The number of hydrogen-bond acceptors (Lipinski definition) is 4. The van der Waals surface area contributed by atoms with Crippen LogP contribution in [0.5, 0.6) is 0 Å². The number of amidine groups is 1. The highest BCUT2D eigenvalue weighted by Gasteiger charge is 2.23. The van der Waals surface area contributed by atoms with E-state index in [9.17, 15) is 5.11 Å². The predicted octanol–water partition coefficient (Wildman–Crippen LogP) is 0.357. The molecule has 4 nitrogen and oxygen atoms in total. The van der Waals surface area contributed by atoms with Crippen LogP contribution in [-0.2, 0) is 0 Å². The van der Waals surface area contributed by atoms with Crippen molar-refractivity contribution in [1.29, 1.82) is 0 Å². The van der Waals surface area contributed by atoms with E-state index >= 15 is 0 Å². The van der Waals surface area contributed by atoms with Crippen LogP contribution in [0.3, 0.4) is 0 Å². The Labute approximate surface area is 95.2 Å². The van der Waals surface area contributed by atoms with Gasteiger partial charge in [-0.25, -0.2) is 0 Å². The highest BCUT2D eigenvalue weighted by Crippen LogP contribution is 2.17. The van der Waals surface area contributed by atoms with Gasteiger partial charge in [-0.2, -0.15) is 0 Å². The molecule has 1 aliphatic heterocycles. The molecule has 0 saturated heterocycles. The van der Waals surface area contributed by atoms with Crippen LogP contribution in [0.25, 0.3) is 0 Å². The number of aryl methyl sites for hydroxylation is 1. The van der Waals surface area contributed by atoms with Gasteiger partial charge in [-0.05, 0) is 12.5 Å². The lowest BCUT2D eigenvalue weighted by molar-refractivity contribution is 0.168. The third kappa shape index (κ3) is 2.23. The van der Waals surface area contributed by atoms with Crippen molar-refractivity contribution in [2.75, 3.05) is 13.1 Å². The molecule has 0 aromatic heterocycles. The highest BCUT2D eigenvalue weighted by molar-refractivity contribution is 5.89. The normalized spacial score (nSPS) is 18.8. The van der Waals surface area contributed by atoms with E-state index in [2.05, 4.69) is 10.3 Å². The molecule has 0 fully saturated rings.